The van der Waals surface area contributed by atoms with Crippen LogP contribution in [0.2, 0.25) is 0 Å². The number of rotatable bonds is 2. The van der Waals surface area contributed by atoms with Crippen LogP contribution in [-0.4, -0.2) is 41.1 Å². The molecule has 2 fully saturated rings. The van der Waals surface area contributed by atoms with Crippen molar-refractivity contribution in [2.75, 3.05) is 19.6 Å². The van der Waals surface area contributed by atoms with Crippen LogP contribution in [0.3, 0.4) is 0 Å². The molecule has 2 aliphatic rings. The van der Waals surface area contributed by atoms with E-state index < -0.39 is 0 Å². The van der Waals surface area contributed by atoms with Crippen molar-refractivity contribution in [3.8, 4) is 0 Å². The van der Waals surface area contributed by atoms with Crippen LogP contribution >= 0.6 is 15.9 Å². The molecule has 0 saturated carbocycles. The van der Waals surface area contributed by atoms with Crippen molar-refractivity contribution < 1.29 is 4.79 Å². The minimum absolute atomic E-state index is 0.176. The van der Waals surface area contributed by atoms with Crippen LogP contribution in [-0.2, 0) is 0 Å². The molecule has 110 valence electrons. The molecule has 1 aromatic rings. The molecule has 3 heterocycles. The molecule has 4 nitrogen and oxygen atoms in total. The lowest BCUT2D eigenvalue weighted by Crippen LogP contribution is -2.47. The minimum atomic E-state index is 0.176. The Bertz CT molecular complexity index is 511. The molecule has 5 heteroatoms. The molecule has 3 rings (SSSR count). The molecule has 2 unspecified atom stereocenters. The molecule has 1 aromatic heterocycles. The van der Waals surface area contributed by atoms with Gasteiger partial charge in [0.25, 0.3) is 5.91 Å². The summed E-state index contributed by atoms with van der Waals surface area (Å²) in [5.74, 6) is 0.813. The van der Waals surface area contributed by atoms with Gasteiger partial charge in [-0.25, -0.2) is 0 Å². The van der Waals surface area contributed by atoms with E-state index in [1.54, 1.807) is 0 Å². The van der Waals surface area contributed by atoms with Crippen LogP contribution in [0.25, 0.3) is 0 Å². The first kappa shape index (κ1) is 14.1. The summed E-state index contributed by atoms with van der Waals surface area (Å²) in [5.41, 5.74) is 0.802. The molecule has 0 bridgehead atoms. The smallest absolute Gasteiger partial charge is 0.270 e. The number of hydrogen-bond donors (Lipinski definition) is 1. The van der Waals surface area contributed by atoms with E-state index in [0.717, 1.165) is 36.2 Å². The maximum absolute atomic E-state index is 12.8. The Morgan fingerprint density at radius 1 is 1.45 bits per heavy atom. The molecule has 0 aliphatic carbocycles. The lowest BCUT2D eigenvalue weighted by atomic mass is 9.93. The molecule has 0 spiro atoms. The second-order valence-corrected chi connectivity index (χ2v) is 7.11. The summed E-state index contributed by atoms with van der Waals surface area (Å²) < 4.78 is 3.04. The number of nitrogens with one attached hydrogen (secondary N) is 1. The standard InChI is InChI=1S/C15H22BrN3O/c1-10(2)19-9-12(16)7-14(19)15(20)18-6-4-13-11(8-18)3-5-17-13/h7,9-11,13,17H,3-6,8H2,1-2H3. The fraction of sp³-hybridized carbons (Fsp3) is 0.667. The number of amides is 1. The molecule has 0 aromatic carbocycles. The molecule has 1 N–H and O–H groups in total. The van der Waals surface area contributed by atoms with E-state index in [0.29, 0.717) is 18.0 Å². The second-order valence-electron chi connectivity index (χ2n) is 6.19. The highest BCUT2D eigenvalue weighted by Crippen LogP contribution is 2.27. The molecular formula is C15H22BrN3O. The molecule has 20 heavy (non-hydrogen) atoms. The number of carbonyl (C=O) groups is 1. The van der Waals surface area contributed by atoms with E-state index in [1.165, 1.54) is 6.42 Å². The molecule has 2 aliphatic heterocycles. The van der Waals surface area contributed by atoms with Crippen molar-refractivity contribution in [2.45, 2.75) is 38.8 Å². The first-order valence-electron chi connectivity index (χ1n) is 7.46. The summed E-state index contributed by atoms with van der Waals surface area (Å²) >= 11 is 3.49. The highest BCUT2D eigenvalue weighted by Gasteiger charge is 2.35. The second kappa shape index (κ2) is 5.53. The Labute approximate surface area is 128 Å². The summed E-state index contributed by atoms with van der Waals surface area (Å²) in [6.07, 6.45) is 4.28. The summed E-state index contributed by atoms with van der Waals surface area (Å²) in [7, 11) is 0. The van der Waals surface area contributed by atoms with E-state index in [4.69, 9.17) is 0 Å². The van der Waals surface area contributed by atoms with Gasteiger partial charge >= 0.3 is 0 Å². The zero-order valence-electron chi connectivity index (χ0n) is 12.1. The van der Waals surface area contributed by atoms with Crippen molar-refractivity contribution >= 4 is 21.8 Å². The van der Waals surface area contributed by atoms with Crippen molar-refractivity contribution in [1.82, 2.24) is 14.8 Å². The first-order chi connectivity index (χ1) is 9.56. The third kappa shape index (κ3) is 2.53. The van der Waals surface area contributed by atoms with Crippen LogP contribution < -0.4 is 5.32 Å². The monoisotopic (exact) mass is 339 g/mol. The Hall–Kier alpha value is -0.810. The SMILES string of the molecule is CC(C)n1cc(Br)cc1C(=O)N1CCC2NCCC2C1. The maximum Gasteiger partial charge on any atom is 0.270 e. The molecular weight excluding hydrogens is 318 g/mol. The van der Waals surface area contributed by atoms with Gasteiger partial charge in [-0.15, -0.1) is 0 Å². The third-order valence-corrected chi connectivity index (χ3v) is 4.97. The molecule has 2 atom stereocenters. The van der Waals surface area contributed by atoms with E-state index in [9.17, 15) is 4.79 Å². The number of likely N-dealkylation sites (tertiary alicyclic amines) is 1. The third-order valence-electron chi connectivity index (χ3n) is 4.53. The summed E-state index contributed by atoms with van der Waals surface area (Å²) in [4.78, 5) is 14.8. The fourth-order valence-electron chi connectivity index (χ4n) is 3.44. The Morgan fingerprint density at radius 2 is 2.25 bits per heavy atom. The van der Waals surface area contributed by atoms with Gasteiger partial charge in [-0.1, -0.05) is 0 Å². The van der Waals surface area contributed by atoms with Gasteiger partial charge in [0, 0.05) is 35.8 Å². The average Bonchev–Trinajstić information content (AvgIpc) is 3.02. The van der Waals surface area contributed by atoms with Crippen molar-refractivity contribution in [2.24, 2.45) is 5.92 Å². The predicted octanol–water partition coefficient (Wildman–Crippen LogP) is 2.66. The number of aromatic nitrogens is 1. The average molecular weight is 340 g/mol. The number of fused-ring (bicyclic) bond motifs is 1. The van der Waals surface area contributed by atoms with Crippen LogP contribution in [0.5, 0.6) is 0 Å². The lowest BCUT2D eigenvalue weighted by Gasteiger charge is -2.35. The van der Waals surface area contributed by atoms with E-state index in [1.807, 2.05) is 17.2 Å². The largest absolute Gasteiger partial charge is 0.340 e. The molecule has 1 amide bonds. The topological polar surface area (TPSA) is 37.3 Å². The molecule has 2 saturated heterocycles. The van der Waals surface area contributed by atoms with Crippen molar-refractivity contribution in [3.63, 3.8) is 0 Å². The number of nitrogens with zero attached hydrogens (tertiary/aromatic N) is 2. The highest BCUT2D eigenvalue weighted by atomic mass is 79.9. The summed E-state index contributed by atoms with van der Waals surface area (Å²) in [5, 5.41) is 3.54. The first-order valence-corrected chi connectivity index (χ1v) is 8.25. The van der Waals surface area contributed by atoms with Crippen LogP contribution in [0, 0.1) is 5.92 Å². The number of hydrogen-bond acceptors (Lipinski definition) is 2. The van der Waals surface area contributed by atoms with E-state index in [2.05, 4.69) is 39.7 Å². The summed E-state index contributed by atoms with van der Waals surface area (Å²) in [6.45, 7) is 7.09. The van der Waals surface area contributed by atoms with Gasteiger partial charge in [0.15, 0.2) is 0 Å². The Morgan fingerprint density at radius 3 is 3.00 bits per heavy atom. The molecule has 0 radical (unpaired) electrons. The van der Waals surface area contributed by atoms with Crippen molar-refractivity contribution in [1.29, 1.82) is 0 Å². The maximum atomic E-state index is 12.8. The zero-order chi connectivity index (χ0) is 14.3. The van der Waals surface area contributed by atoms with Gasteiger partial charge in [-0.2, -0.15) is 0 Å². The summed E-state index contributed by atoms with van der Waals surface area (Å²) in [6, 6.07) is 2.87. The van der Waals surface area contributed by atoms with E-state index in [-0.39, 0.29) is 5.91 Å². The van der Waals surface area contributed by atoms with Gasteiger partial charge in [-0.3, -0.25) is 4.79 Å². The number of carbonyl (C=O) groups excluding carboxylic acids is 1. The Kier molecular flexibility index (Phi) is 3.91. The predicted molar refractivity (Wildman–Crippen MR) is 82.9 cm³/mol. The van der Waals surface area contributed by atoms with Gasteiger partial charge in [-0.05, 0) is 61.1 Å². The minimum Gasteiger partial charge on any atom is -0.340 e. The van der Waals surface area contributed by atoms with Crippen LogP contribution in [0.15, 0.2) is 16.7 Å². The normalized spacial score (nSPS) is 26.1. The van der Waals surface area contributed by atoms with E-state index >= 15 is 0 Å². The van der Waals surface area contributed by atoms with Gasteiger partial charge in [0.1, 0.15) is 5.69 Å². The fourth-order valence-corrected chi connectivity index (χ4v) is 3.88. The lowest BCUT2D eigenvalue weighted by molar-refractivity contribution is 0.0649. The highest BCUT2D eigenvalue weighted by molar-refractivity contribution is 9.10. The van der Waals surface area contributed by atoms with Crippen LogP contribution in [0.1, 0.15) is 43.2 Å². The number of halogens is 1. The number of piperidine rings is 1. The van der Waals surface area contributed by atoms with Gasteiger partial charge < -0.3 is 14.8 Å². The van der Waals surface area contributed by atoms with Crippen molar-refractivity contribution in [3.05, 3.63) is 22.4 Å². The van der Waals surface area contributed by atoms with Gasteiger partial charge in [0.2, 0.25) is 0 Å². The van der Waals surface area contributed by atoms with Crippen LogP contribution in [0.4, 0.5) is 0 Å². The zero-order valence-corrected chi connectivity index (χ0v) is 13.7. The van der Waals surface area contributed by atoms with Gasteiger partial charge in [0.05, 0.1) is 0 Å². The quantitative estimate of drug-likeness (QED) is 0.899. The Balaban J connectivity index is 1.79.